The van der Waals surface area contributed by atoms with E-state index in [2.05, 4.69) is 16.8 Å². The van der Waals surface area contributed by atoms with Crippen molar-refractivity contribution in [3.63, 3.8) is 0 Å². The first-order valence-electron chi connectivity index (χ1n) is 11.9. The predicted molar refractivity (Wildman–Crippen MR) is 121 cm³/mol. The zero-order valence-electron chi connectivity index (χ0n) is 19.6. The van der Waals surface area contributed by atoms with Crippen molar-refractivity contribution in [2.45, 2.75) is 70.4 Å². The summed E-state index contributed by atoms with van der Waals surface area (Å²) in [6, 6.07) is 0. The molecule has 4 rings (SSSR count). The second-order valence-electron chi connectivity index (χ2n) is 10.0. The van der Waals surface area contributed by atoms with Crippen LogP contribution in [0.2, 0.25) is 0 Å². The molecule has 9 heteroatoms. The number of nitrogens with zero attached hydrogens (tertiary/aromatic N) is 1. The third-order valence-electron chi connectivity index (χ3n) is 8.30. The molecule has 186 valence electrons. The Morgan fingerprint density at radius 1 is 1.29 bits per heavy atom. The van der Waals surface area contributed by atoms with Crippen LogP contribution in [0.5, 0.6) is 0 Å². The zero-order valence-corrected chi connectivity index (χ0v) is 19.6. The molecular formula is C25H33NO8. The number of aliphatic hydroxyl groups is 1. The largest absolute Gasteiger partial charge is 0.481 e. The zero-order chi connectivity index (χ0) is 25.1. The standard InChI is InChI=1S/C21H25NO6.C4H8O2/c1-20-7-6-13(24)8-12(20)2-3-14-15-4-5-16(18(26)10-28-11-23)21(15,22-27)9-17(25)19(14)20;1-2-3-4(5)6/h6-8,11,14-17,19,25H,2-5,9-10H2,1H3;2-3H2,1H3,(H,5,6). The van der Waals surface area contributed by atoms with Crippen LogP contribution in [-0.2, 0) is 23.9 Å². The molecule has 3 saturated carbocycles. The fraction of sp³-hybridized carbons (Fsp3) is 0.680. The first-order chi connectivity index (χ1) is 16.1. The highest BCUT2D eigenvalue weighted by Gasteiger charge is 2.65. The summed E-state index contributed by atoms with van der Waals surface area (Å²) in [5.41, 5.74) is -0.527. The van der Waals surface area contributed by atoms with Gasteiger partial charge in [0.2, 0.25) is 0 Å². The molecule has 0 aromatic carbocycles. The molecule has 0 amide bonds. The number of hydrogen-bond donors (Lipinski definition) is 2. The number of Topliss-reactive ketones (excluding diaryl/α,β-unsaturated/α-hetero) is 1. The molecule has 4 aliphatic carbocycles. The van der Waals surface area contributed by atoms with E-state index in [4.69, 9.17) is 5.11 Å². The lowest BCUT2D eigenvalue weighted by atomic mass is 9.48. The molecule has 7 unspecified atom stereocenters. The quantitative estimate of drug-likeness (QED) is 0.422. The number of ether oxygens (including phenoxy) is 1. The van der Waals surface area contributed by atoms with Crippen molar-refractivity contribution in [2.75, 3.05) is 6.61 Å². The number of nitroso groups, excluding NO2 is 1. The number of carbonyl (C=O) groups excluding carboxylic acids is 3. The summed E-state index contributed by atoms with van der Waals surface area (Å²) in [6.07, 6.45) is 8.20. The monoisotopic (exact) mass is 475 g/mol. The third kappa shape index (κ3) is 4.50. The van der Waals surface area contributed by atoms with Crippen molar-refractivity contribution in [1.29, 1.82) is 0 Å². The van der Waals surface area contributed by atoms with Crippen LogP contribution in [0.3, 0.4) is 0 Å². The van der Waals surface area contributed by atoms with Gasteiger partial charge in [-0.1, -0.05) is 30.7 Å². The van der Waals surface area contributed by atoms with Crippen molar-refractivity contribution in [2.24, 2.45) is 34.3 Å². The van der Waals surface area contributed by atoms with Gasteiger partial charge in [0.1, 0.15) is 12.1 Å². The van der Waals surface area contributed by atoms with E-state index in [1.807, 2.05) is 13.0 Å². The Labute approximate surface area is 198 Å². The summed E-state index contributed by atoms with van der Waals surface area (Å²) in [7, 11) is 0. The molecule has 3 fully saturated rings. The van der Waals surface area contributed by atoms with Crippen LogP contribution in [0, 0.1) is 34.0 Å². The molecule has 0 spiro atoms. The molecule has 0 heterocycles. The second-order valence-corrected chi connectivity index (χ2v) is 10.0. The summed E-state index contributed by atoms with van der Waals surface area (Å²) in [4.78, 5) is 56.6. The van der Waals surface area contributed by atoms with Crippen LogP contribution < -0.4 is 0 Å². The lowest BCUT2D eigenvalue weighted by molar-refractivity contribution is -0.141. The molecule has 0 aliphatic heterocycles. The fourth-order valence-corrected chi connectivity index (χ4v) is 6.97. The van der Waals surface area contributed by atoms with Crippen molar-refractivity contribution in [3.05, 3.63) is 28.7 Å². The first kappa shape index (κ1) is 25.9. The van der Waals surface area contributed by atoms with Gasteiger partial charge >= 0.3 is 5.97 Å². The van der Waals surface area contributed by atoms with E-state index in [9.17, 15) is 29.2 Å². The Morgan fingerprint density at radius 3 is 2.62 bits per heavy atom. The van der Waals surface area contributed by atoms with Crippen LogP contribution in [-0.4, -0.2) is 52.5 Å². The lowest BCUT2D eigenvalue weighted by Crippen LogP contribution is -2.59. The number of aliphatic hydroxyl groups excluding tert-OH is 1. The van der Waals surface area contributed by atoms with E-state index in [1.54, 1.807) is 12.2 Å². The fourth-order valence-electron chi connectivity index (χ4n) is 6.97. The highest BCUT2D eigenvalue weighted by molar-refractivity contribution is 6.01. The Kier molecular flexibility index (Phi) is 7.85. The average Bonchev–Trinajstić information content (AvgIpc) is 3.17. The number of aliphatic carboxylic acids is 1. The molecule has 9 nitrogen and oxygen atoms in total. The molecule has 7 atom stereocenters. The van der Waals surface area contributed by atoms with Gasteiger partial charge < -0.3 is 14.9 Å². The molecule has 34 heavy (non-hydrogen) atoms. The van der Waals surface area contributed by atoms with Gasteiger partial charge in [0.15, 0.2) is 11.6 Å². The van der Waals surface area contributed by atoms with E-state index in [0.717, 1.165) is 24.8 Å². The summed E-state index contributed by atoms with van der Waals surface area (Å²) in [5.74, 6) is -1.82. The average molecular weight is 476 g/mol. The Bertz CT molecular complexity index is 911. The highest BCUT2D eigenvalue weighted by atomic mass is 16.5. The Hall–Kier alpha value is -2.68. The maximum absolute atomic E-state index is 12.6. The number of carboxylic acids is 1. The molecule has 0 aromatic rings. The minimum absolute atomic E-state index is 0.0261. The van der Waals surface area contributed by atoms with Gasteiger partial charge in [0, 0.05) is 24.2 Å². The number of carboxylic acid groups (broad SMARTS) is 1. The number of carbonyl (C=O) groups is 4. The smallest absolute Gasteiger partial charge is 0.303 e. The van der Waals surface area contributed by atoms with Crippen LogP contribution in [0.4, 0.5) is 0 Å². The van der Waals surface area contributed by atoms with Crippen LogP contribution in [0.1, 0.15) is 58.8 Å². The van der Waals surface area contributed by atoms with Crippen molar-refractivity contribution < 1.29 is 34.1 Å². The van der Waals surface area contributed by atoms with Crippen LogP contribution in [0.25, 0.3) is 0 Å². The van der Waals surface area contributed by atoms with E-state index in [-0.39, 0.29) is 48.8 Å². The molecule has 2 N–H and O–H groups in total. The number of allylic oxidation sites excluding steroid dienone is 4. The lowest BCUT2D eigenvalue weighted by Gasteiger charge is -2.57. The number of hydrogen-bond acceptors (Lipinski definition) is 8. The number of fused-ring (bicyclic) bond motifs is 5. The van der Waals surface area contributed by atoms with E-state index < -0.39 is 28.9 Å². The first-order valence-corrected chi connectivity index (χ1v) is 11.9. The molecule has 4 aliphatic rings. The van der Waals surface area contributed by atoms with Gasteiger partial charge in [-0.2, -0.15) is 4.91 Å². The van der Waals surface area contributed by atoms with E-state index in [1.165, 1.54) is 0 Å². The van der Waals surface area contributed by atoms with Gasteiger partial charge in [0.25, 0.3) is 6.47 Å². The minimum atomic E-state index is -1.14. The van der Waals surface area contributed by atoms with Gasteiger partial charge in [-0.3, -0.25) is 19.2 Å². The number of rotatable bonds is 7. The van der Waals surface area contributed by atoms with E-state index >= 15 is 0 Å². The van der Waals surface area contributed by atoms with Crippen molar-refractivity contribution >= 4 is 24.0 Å². The normalized spacial score (nSPS) is 37.7. The molecule has 0 aromatic heterocycles. The topological polar surface area (TPSA) is 147 Å². The Balaban J connectivity index is 0.000000481. The number of ketones is 2. The van der Waals surface area contributed by atoms with Crippen LogP contribution in [0.15, 0.2) is 29.0 Å². The Morgan fingerprint density at radius 2 is 2.03 bits per heavy atom. The summed E-state index contributed by atoms with van der Waals surface area (Å²) < 4.78 is 4.62. The summed E-state index contributed by atoms with van der Waals surface area (Å²) in [5, 5.41) is 22.5. The summed E-state index contributed by atoms with van der Waals surface area (Å²) >= 11 is 0. The minimum Gasteiger partial charge on any atom is -0.481 e. The van der Waals surface area contributed by atoms with E-state index in [0.29, 0.717) is 19.3 Å². The maximum Gasteiger partial charge on any atom is 0.303 e. The molecular weight excluding hydrogens is 442 g/mol. The third-order valence-corrected chi connectivity index (χ3v) is 8.30. The van der Waals surface area contributed by atoms with Crippen molar-refractivity contribution in [1.82, 2.24) is 0 Å². The maximum atomic E-state index is 12.6. The second kappa shape index (κ2) is 10.3. The molecule has 0 radical (unpaired) electrons. The van der Waals surface area contributed by atoms with Crippen molar-refractivity contribution in [3.8, 4) is 0 Å². The van der Waals surface area contributed by atoms with Gasteiger partial charge in [-0.15, -0.1) is 0 Å². The molecule has 0 saturated heterocycles. The van der Waals surface area contributed by atoms with Crippen LogP contribution >= 0.6 is 0 Å². The van der Waals surface area contributed by atoms with Gasteiger partial charge in [0.05, 0.1) is 12.0 Å². The van der Waals surface area contributed by atoms with Gasteiger partial charge in [-0.05, 0) is 56.1 Å². The summed E-state index contributed by atoms with van der Waals surface area (Å²) in [6.45, 7) is 3.76. The van der Waals surface area contributed by atoms with Gasteiger partial charge in [-0.25, -0.2) is 0 Å². The molecule has 0 bridgehead atoms. The predicted octanol–water partition coefficient (Wildman–Crippen LogP) is 2.99. The highest BCUT2D eigenvalue weighted by Crippen LogP contribution is 2.64. The SMILES string of the molecule is CC12C=CC(=O)C=C1CCC1C2C(O)CC2(N=O)C(C(=O)COC=O)CCC12.CCCC(=O)O.